The minimum absolute atomic E-state index is 0.363. The van der Waals surface area contributed by atoms with Crippen LogP contribution in [0, 0.1) is 5.82 Å². The van der Waals surface area contributed by atoms with Crippen molar-refractivity contribution in [3.05, 3.63) is 64.9 Å². The van der Waals surface area contributed by atoms with E-state index in [1.54, 1.807) is 24.3 Å². The molecule has 0 saturated carbocycles. The van der Waals surface area contributed by atoms with E-state index in [9.17, 15) is 9.18 Å². The molecule has 0 aromatic heterocycles. The summed E-state index contributed by atoms with van der Waals surface area (Å²) in [6.45, 7) is 0. The topological polar surface area (TPSA) is 55.1 Å². The normalized spacial score (nSPS) is 11.9. The molecule has 5 heteroatoms. The predicted octanol–water partition coefficient (Wildman–Crippen LogP) is 3.12. The second kappa shape index (κ2) is 5.71. The first-order valence-electron chi connectivity index (χ1n) is 5.63. The molecule has 0 spiro atoms. The molecule has 0 aliphatic rings. The van der Waals surface area contributed by atoms with E-state index in [2.05, 4.69) is 5.32 Å². The van der Waals surface area contributed by atoms with Crippen LogP contribution in [0.15, 0.2) is 48.5 Å². The fraction of sp³-hybridized carbons (Fsp3) is 0.0714. The molecule has 2 aromatic rings. The van der Waals surface area contributed by atoms with E-state index in [4.69, 9.17) is 17.3 Å². The SMILES string of the molecule is NC(=O)[C@H](Nc1ccc(Cl)cc1)c1ccc(F)cc1. The fourth-order valence-corrected chi connectivity index (χ4v) is 1.81. The van der Waals surface area contributed by atoms with Gasteiger partial charge in [0.2, 0.25) is 5.91 Å². The Bertz CT molecular complexity index is 569. The van der Waals surface area contributed by atoms with Crippen molar-refractivity contribution in [2.24, 2.45) is 5.73 Å². The molecule has 0 heterocycles. The molecule has 2 rings (SSSR count). The third-order valence-electron chi connectivity index (χ3n) is 2.64. The lowest BCUT2D eigenvalue weighted by molar-refractivity contribution is -0.118. The van der Waals surface area contributed by atoms with Crippen LogP contribution in [-0.2, 0) is 4.79 Å². The van der Waals surface area contributed by atoms with Gasteiger partial charge < -0.3 is 11.1 Å². The summed E-state index contributed by atoms with van der Waals surface area (Å²) in [5.41, 5.74) is 6.67. The Morgan fingerprint density at radius 1 is 1.11 bits per heavy atom. The van der Waals surface area contributed by atoms with Gasteiger partial charge in [0.1, 0.15) is 11.9 Å². The second-order valence-corrected chi connectivity index (χ2v) is 4.47. The Labute approximate surface area is 115 Å². The van der Waals surface area contributed by atoms with Gasteiger partial charge in [-0.15, -0.1) is 0 Å². The first-order chi connectivity index (χ1) is 9.06. The van der Waals surface area contributed by atoms with Crippen LogP contribution in [-0.4, -0.2) is 5.91 Å². The first-order valence-corrected chi connectivity index (χ1v) is 6.01. The number of hydrogen-bond acceptors (Lipinski definition) is 2. The monoisotopic (exact) mass is 278 g/mol. The van der Waals surface area contributed by atoms with E-state index < -0.39 is 11.9 Å². The average Bonchev–Trinajstić information content (AvgIpc) is 2.39. The van der Waals surface area contributed by atoms with Gasteiger partial charge in [-0.1, -0.05) is 23.7 Å². The molecule has 98 valence electrons. The smallest absolute Gasteiger partial charge is 0.244 e. The minimum Gasteiger partial charge on any atom is -0.370 e. The minimum atomic E-state index is -0.721. The molecule has 0 unspecified atom stereocenters. The lowest BCUT2D eigenvalue weighted by Gasteiger charge is -2.17. The van der Waals surface area contributed by atoms with E-state index in [1.165, 1.54) is 24.3 Å². The number of hydrogen-bond donors (Lipinski definition) is 2. The molecule has 1 atom stereocenters. The number of carbonyl (C=O) groups is 1. The number of nitrogens with two attached hydrogens (primary N) is 1. The van der Waals surface area contributed by atoms with Gasteiger partial charge in [0.15, 0.2) is 0 Å². The average molecular weight is 279 g/mol. The molecule has 3 N–H and O–H groups in total. The summed E-state index contributed by atoms with van der Waals surface area (Å²) < 4.78 is 12.9. The van der Waals surface area contributed by atoms with Crippen LogP contribution >= 0.6 is 11.6 Å². The van der Waals surface area contributed by atoms with Crippen molar-refractivity contribution in [1.29, 1.82) is 0 Å². The molecule has 0 aliphatic heterocycles. The van der Waals surface area contributed by atoms with E-state index in [0.717, 1.165) is 0 Å². The van der Waals surface area contributed by atoms with Crippen molar-refractivity contribution in [2.75, 3.05) is 5.32 Å². The first kappa shape index (κ1) is 13.4. The molecule has 0 radical (unpaired) electrons. The molecular formula is C14H12ClFN2O. The summed E-state index contributed by atoms with van der Waals surface area (Å²) in [7, 11) is 0. The number of primary amides is 1. The van der Waals surface area contributed by atoms with Crippen molar-refractivity contribution in [3.63, 3.8) is 0 Å². The number of amides is 1. The number of anilines is 1. The number of halogens is 2. The highest BCUT2D eigenvalue weighted by Crippen LogP contribution is 2.21. The number of nitrogens with one attached hydrogen (secondary N) is 1. The molecule has 0 fully saturated rings. The van der Waals surface area contributed by atoms with Crippen LogP contribution in [0.25, 0.3) is 0 Å². The molecule has 0 aliphatic carbocycles. The van der Waals surface area contributed by atoms with E-state index in [1.807, 2.05) is 0 Å². The lowest BCUT2D eigenvalue weighted by Crippen LogP contribution is -2.27. The Hall–Kier alpha value is -2.07. The maximum atomic E-state index is 12.9. The molecule has 0 bridgehead atoms. The van der Waals surface area contributed by atoms with Crippen LogP contribution in [0.3, 0.4) is 0 Å². The van der Waals surface area contributed by atoms with Gasteiger partial charge in [0.25, 0.3) is 0 Å². The van der Waals surface area contributed by atoms with Gasteiger partial charge in [-0.2, -0.15) is 0 Å². The van der Waals surface area contributed by atoms with Gasteiger partial charge >= 0.3 is 0 Å². The third-order valence-corrected chi connectivity index (χ3v) is 2.90. The molecule has 3 nitrogen and oxygen atoms in total. The summed E-state index contributed by atoms with van der Waals surface area (Å²) in [5.74, 6) is -0.903. The maximum absolute atomic E-state index is 12.9. The van der Waals surface area contributed by atoms with Crippen molar-refractivity contribution in [1.82, 2.24) is 0 Å². The summed E-state index contributed by atoms with van der Waals surface area (Å²) >= 11 is 5.78. The van der Waals surface area contributed by atoms with Crippen LogP contribution in [0.4, 0.5) is 10.1 Å². The Balaban J connectivity index is 2.23. The summed E-state index contributed by atoms with van der Waals surface area (Å²) in [5, 5.41) is 3.59. The standard InChI is InChI=1S/C14H12ClFN2O/c15-10-3-7-12(8-4-10)18-13(14(17)19)9-1-5-11(16)6-2-9/h1-8,13,18H,(H2,17,19)/t13-/m1/s1. The van der Waals surface area contributed by atoms with E-state index >= 15 is 0 Å². The Morgan fingerprint density at radius 2 is 1.68 bits per heavy atom. The van der Waals surface area contributed by atoms with Gasteiger partial charge in [-0.25, -0.2) is 4.39 Å². The molecular weight excluding hydrogens is 267 g/mol. The van der Waals surface area contributed by atoms with Crippen LogP contribution < -0.4 is 11.1 Å². The van der Waals surface area contributed by atoms with Gasteiger partial charge in [0, 0.05) is 10.7 Å². The Morgan fingerprint density at radius 3 is 2.21 bits per heavy atom. The highest BCUT2D eigenvalue weighted by atomic mass is 35.5. The van der Waals surface area contributed by atoms with E-state index in [0.29, 0.717) is 16.3 Å². The lowest BCUT2D eigenvalue weighted by atomic mass is 10.1. The van der Waals surface area contributed by atoms with Crippen molar-refractivity contribution >= 4 is 23.2 Å². The van der Waals surface area contributed by atoms with Crippen molar-refractivity contribution in [3.8, 4) is 0 Å². The van der Waals surface area contributed by atoms with Crippen LogP contribution in [0.1, 0.15) is 11.6 Å². The zero-order valence-electron chi connectivity index (χ0n) is 9.94. The quantitative estimate of drug-likeness (QED) is 0.903. The van der Waals surface area contributed by atoms with Gasteiger partial charge in [0.05, 0.1) is 0 Å². The predicted molar refractivity (Wildman–Crippen MR) is 73.4 cm³/mol. The molecule has 1 amide bonds. The van der Waals surface area contributed by atoms with Crippen molar-refractivity contribution in [2.45, 2.75) is 6.04 Å². The zero-order valence-corrected chi connectivity index (χ0v) is 10.7. The number of carbonyl (C=O) groups excluding carboxylic acids is 1. The summed E-state index contributed by atoms with van der Waals surface area (Å²) in [6, 6.07) is 11.8. The maximum Gasteiger partial charge on any atom is 0.244 e. The molecule has 0 saturated heterocycles. The largest absolute Gasteiger partial charge is 0.370 e. The number of benzene rings is 2. The summed E-state index contributed by atoms with van der Waals surface area (Å²) in [6.07, 6.45) is 0. The zero-order chi connectivity index (χ0) is 13.8. The van der Waals surface area contributed by atoms with E-state index in [-0.39, 0.29) is 5.82 Å². The molecule has 19 heavy (non-hydrogen) atoms. The summed E-state index contributed by atoms with van der Waals surface area (Å²) in [4.78, 5) is 11.5. The molecule has 2 aromatic carbocycles. The van der Waals surface area contributed by atoms with Crippen molar-refractivity contribution < 1.29 is 9.18 Å². The Kier molecular flexibility index (Phi) is 4.02. The highest BCUT2D eigenvalue weighted by molar-refractivity contribution is 6.30. The fourth-order valence-electron chi connectivity index (χ4n) is 1.69. The van der Waals surface area contributed by atoms with Crippen LogP contribution in [0.5, 0.6) is 0 Å². The van der Waals surface area contributed by atoms with Crippen LogP contribution in [0.2, 0.25) is 5.02 Å². The highest BCUT2D eigenvalue weighted by Gasteiger charge is 2.17. The van der Waals surface area contributed by atoms with Gasteiger partial charge in [-0.3, -0.25) is 4.79 Å². The van der Waals surface area contributed by atoms with Gasteiger partial charge in [-0.05, 0) is 42.0 Å². The number of rotatable bonds is 4. The second-order valence-electron chi connectivity index (χ2n) is 4.04. The third kappa shape index (κ3) is 3.45.